The molecule has 0 aliphatic carbocycles. The van der Waals surface area contributed by atoms with Gasteiger partial charge in [-0.25, -0.2) is 0 Å². The van der Waals surface area contributed by atoms with Gasteiger partial charge in [-0.05, 0) is 51.0 Å². The summed E-state index contributed by atoms with van der Waals surface area (Å²) in [4.78, 5) is 0. The van der Waals surface area contributed by atoms with E-state index in [9.17, 15) is 0 Å². The van der Waals surface area contributed by atoms with Crippen LogP contribution in [0.4, 0.5) is 0 Å². The predicted molar refractivity (Wildman–Crippen MR) is 73.8 cm³/mol. The fourth-order valence-corrected chi connectivity index (χ4v) is 3.11. The van der Waals surface area contributed by atoms with E-state index >= 15 is 0 Å². The van der Waals surface area contributed by atoms with Gasteiger partial charge in [0.15, 0.2) is 0 Å². The molecule has 3 nitrogen and oxygen atoms in total. The van der Waals surface area contributed by atoms with Crippen LogP contribution < -0.4 is 5.32 Å². The number of nitrogens with one attached hydrogen (secondary N) is 1. The molecule has 2 fully saturated rings. The normalized spacial score (nSPS) is 27.8. The molecule has 2 aliphatic heterocycles. The van der Waals surface area contributed by atoms with Gasteiger partial charge < -0.3 is 14.8 Å². The molecule has 0 radical (unpaired) electrons. The Hall–Kier alpha value is -0.120. The van der Waals surface area contributed by atoms with Crippen molar-refractivity contribution < 1.29 is 9.47 Å². The largest absolute Gasteiger partial charge is 0.381 e. The predicted octanol–water partition coefficient (Wildman–Crippen LogP) is 2.74. The van der Waals surface area contributed by atoms with Gasteiger partial charge in [-0.15, -0.1) is 0 Å². The Kier molecular flexibility index (Phi) is 5.46. The van der Waals surface area contributed by atoms with Crippen molar-refractivity contribution in [2.75, 3.05) is 26.4 Å². The van der Waals surface area contributed by atoms with Crippen LogP contribution in [0.15, 0.2) is 0 Å². The molecular formula is C15H29NO2. The third kappa shape index (κ3) is 4.22. The molecule has 0 aromatic heterocycles. The number of rotatable bonds is 5. The smallest absolute Gasteiger partial charge is 0.0741 e. The molecule has 2 rings (SSSR count). The molecule has 3 heteroatoms. The Morgan fingerprint density at radius 3 is 2.72 bits per heavy atom. The summed E-state index contributed by atoms with van der Waals surface area (Å²) >= 11 is 0. The van der Waals surface area contributed by atoms with E-state index in [0.29, 0.717) is 6.04 Å². The van der Waals surface area contributed by atoms with Crippen molar-refractivity contribution in [3.8, 4) is 0 Å². The molecular weight excluding hydrogens is 226 g/mol. The Bertz CT molecular complexity index is 231. The first-order valence-electron chi connectivity index (χ1n) is 7.65. The van der Waals surface area contributed by atoms with Crippen LogP contribution in [0.1, 0.15) is 52.4 Å². The maximum atomic E-state index is 6.06. The molecule has 106 valence electrons. The molecule has 0 bridgehead atoms. The highest BCUT2D eigenvalue weighted by Gasteiger charge is 2.38. The lowest BCUT2D eigenvalue weighted by molar-refractivity contribution is -0.140. The summed E-state index contributed by atoms with van der Waals surface area (Å²) in [6.45, 7) is 8.42. The van der Waals surface area contributed by atoms with E-state index in [2.05, 4.69) is 19.2 Å². The van der Waals surface area contributed by atoms with E-state index in [1.54, 1.807) is 0 Å². The maximum absolute atomic E-state index is 6.06. The fourth-order valence-electron chi connectivity index (χ4n) is 3.11. The molecule has 0 amide bonds. The molecule has 1 atom stereocenters. The third-order valence-electron chi connectivity index (χ3n) is 4.29. The SMILES string of the molecule is CC(C)CCCNC1CCOC2(CCOCC2)C1. The van der Waals surface area contributed by atoms with E-state index in [-0.39, 0.29) is 5.60 Å². The topological polar surface area (TPSA) is 30.5 Å². The summed E-state index contributed by atoms with van der Waals surface area (Å²) in [5.74, 6) is 0.823. The molecule has 2 aliphatic rings. The van der Waals surface area contributed by atoms with Gasteiger partial charge in [-0.1, -0.05) is 13.8 Å². The standard InChI is InChI=1S/C15H29NO2/c1-13(2)4-3-8-16-14-5-9-18-15(12-14)6-10-17-11-7-15/h13-14,16H,3-12H2,1-2H3. The lowest BCUT2D eigenvalue weighted by atomic mass is 9.84. The van der Waals surface area contributed by atoms with Crippen LogP contribution in [0.25, 0.3) is 0 Å². The highest BCUT2D eigenvalue weighted by atomic mass is 16.5. The number of ether oxygens (including phenoxy) is 2. The summed E-state index contributed by atoms with van der Waals surface area (Å²) in [5.41, 5.74) is 0.131. The Morgan fingerprint density at radius 1 is 1.22 bits per heavy atom. The quantitative estimate of drug-likeness (QED) is 0.766. The highest BCUT2D eigenvalue weighted by molar-refractivity contribution is 4.91. The van der Waals surface area contributed by atoms with Crippen molar-refractivity contribution in [1.82, 2.24) is 5.32 Å². The summed E-state index contributed by atoms with van der Waals surface area (Å²) < 4.78 is 11.5. The van der Waals surface area contributed by atoms with E-state index < -0.39 is 0 Å². The molecule has 2 saturated heterocycles. The minimum absolute atomic E-state index is 0.131. The summed E-state index contributed by atoms with van der Waals surface area (Å²) in [7, 11) is 0. The van der Waals surface area contributed by atoms with Gasteiger partial charge in [0.2, 0.25) is 0 Å². The van der Waals surface area contributed by atoms with Crippen LogP contribution in [-0.2, 0) is 9.47 Å². The molecule has 0 aromatic rings. The van der Waals surface area contributed by atoms with Crippen molar-refractivity contribution in [2.24, 2.45) is 5.92 Å². The summed E-state index contributed by atoms with van der Waals surface area (Å²) in [6, 6.07) is 0.656. The van der Waals surface area contributed by atoms with Crippen molar-refractivity contribution in [3.63, 3.8) is 0 Å². The average molecular weight is 255 g/mol. The van der Waals surface area contributed by atoms with Gasteiger partial charge in [-0.2, -0.15) is 0 Å². The van der Waals surface area contributed by atoms with Gasteiger partial charge in [0.1, 0.15) is 0 Å². The molecule has 1 spiro atoms. The Labute approximate surface area is 112 Å². The molecule has 0 aromatic carbocycles. The third-order valence-corrected chi connectivity index (χ3v) is 4.29. The summed E-state index contributed by atoms with van der Waals surface area (Å²) in [5, 5.41) is 3.73. The monoisotopic (exact) mass is 255 g/mol. The zero-order valence-electron chi connectivity index (χ0n) is 12.0. The second-order valence-electron chi connectivity index (χ2n) is 6.32. The van der Waals surface area contributed by atoms with Crippen LogP contribution in [0.2, 0.25) is 0 Å². The minimum Gasteiger partial charge on any atom is -0.381 e. The minimum atomic E-state index is 0.131. The van der Waals surface area contributed by atoms with Gasteiger partial charge in [0.05, 0.1) is 5.60 Å². The fraction of sp³-hybridized carbons (Fsp3) is 1.00. The lowest BCUT2D eigenvalue weighted by Gasteiger charge is -2.43. The molecule has 1 unspecified atom stereocenters. The van der Waals surface area contributed by atoms with E-state index in [1.807, 2.05) is 0 Å². The van der Waals surface area contributed by atoms with Gasteiger partial charge in [-0.3, -0.25) is 0 Å². The van der Waals surface area contributed by atoms with E-state index in [0.717, 1.165) is 45.1 Å². The first-order chi connectivity index (χ1) is 8.70. The highest BCUT2D eigenvalue weighted by Crippen LogP contribution is 2.34. The average Bonchev–Trinajstić information content (AvgIpc) is 2.36. The van der Waals surface area contributed by atoms with Crippen molar-refractivity contribution in [1.29, 1.82) is 0 Å². The van der Waals surface area contributed by atoms with Gasteiger partial charge in [0.25, 0.3) is 0 Å². The van der Waals surface area contributed by atoms with Crippen molar-refractivity contribution >= 4 is 0 Å². The second kappa shape index (κ2) is 6.88. The Morgan fingerprint density at radius 2 is 2.00 bits per heavy atom. The second-order valence-corrected chi connectivity index (χ2v) is 6.32. The molecule has 2 heterocycles. The number of hydrogen-bond donors (Lipinski definition) is 1. The van der Waals surface area contributed by atoms with Gasteiger partial charge in [0, 0.05) is 25.9 Å². The maximum Gasteiger partial charge on any atom is 0.0741 e. The van der Waals surface area contributed by atoms with E-state index in [4.69, 9.17) is 9.47 Å². The lowest BCUT2D eigenvalue weighted by Crippen LogP contribution is -2.50. The first kappa shape index (κ1) is 14.3. The van der Waals surface area contributed by atoms with Crippen LogP contribution >= 0.6 is 0 Å². The van der Waals surface area contributed by atoms with Crippen LogP contribution in [0.5, 0.6) is 0 Å². The van der Waals surface area contributed by atoms with E-state index in [1.165, 1.54) is 25.7 Å². The van der Waals surface area contributed by atoms with Crippen LogP contribution in [0, 0.1) is 5.92 Å². The van der Waals surface area contributed by atoms with Crippen LogP contribution in [0.3, 0.4) is 0 Å². The zero-order valence-corrected chi connectivity index (χ0v) is 12.0. The molecule has 0 saturated carbocycles. The van der Waals surface area contributed by atoms with Crippen LogP contribution in [-0.4, -0.2) is 38.0 Å². The van der Waals surface area contributed by atoms with Crippen molar-refractivity contribution in [2.45, 2.75) is 64.0 Å². The number of hydrogen-bond acceptors (Lipinski definition) is 3. The Balaban J connectivity index is 1.69. The molecule has 1 N–H and O–H groups in total. The first-order valence-corrected chi connectivity index (χ1v) is 7.65. The molecule has 18 heavy (non-hydrogen) atoms. The van der Waals surface area contributed by atoms with Crippen molar-refractivity contribution in [3.05, 3.63) is 0 Å². The zero-order chi connectivity index (χ0) is 12.8. The van der Waals surface area contributed by atoms with Gasteiger partial charge >= 0.3 is 0 Å². The summed E-state index contributed by atoms with van der Waals surface area (Å²) in [6.07, 6.45) is 7.14.